The molecular formula is C15H10N4O3S. The molecule has 3 heterocycles. The number of rotatable bonds is 4. The second-order valence-electron chi connectivity index (χ2n) is 4.68. The topological polar surface area (TPSA) is 87.0 Å². The third-order valence-electron chi connectivity index (χ3n) is 3.11. The monoisotopic (exact) mass is 326 g/mol. The Kier molecular flexibility index (Phi) is 3.35. The first kappa shape index (κ1) is 13.6. The first-order valence-corrected chi connectivity index (χ1v) is 7.67. The zero-order valence-electron chi connectivity index (χ0n) is 11.7. The molecule has 4 aromatic rings. The summed E-state index contributed by atoms with van der Waals surface area (Å²) >= 11 is 1.45. The van der Waals surface area contributed by atoms with Gasteiger partial charge in [0.1, 0.15) is 6.54 Å². The molecule has 0 saturated carbocycles. The zero-order chi connectivity index (χ0) is 15.6. The summed E-state index contributed by atoms with van der Waals surface area (Å²) in [6.07, 6.45) is 0. The van der Waals surface area contributed by atoms with E-state index in [1.807, 2.05) is 47.8 Å². The average Bonchev–Trinajstić information content (AvgIpc) is 3.31. The van der Waals surface area contributed by atoms with Crippen LogP contribution in [0.15, 0.2) is 61.5 Å². The van der Waals surface area contributed by atoms with Crippen LogP contribution >= 0.6 is 11.3 Å². The summed E-state index contributed by atoms with van der Waals surface area (Å²) in [7, 11) is 0. The van der Waals surface area contributed by atoms with E-state index < -0.39 is 5.76 Å². The van der Waals surface area contributed by atoms with Crippen LogP contribution < -0.4 is 5.76 Å². The molecule has 114 valence electrons. The Bertz CT molecular complexity index is 970. The van der Waals surface area contributed by atoms with Crippen LogP contribution in [-0.4, -0.2) is 20.0 Å². The van der Waals surface area contributed by atoms with Crippen molar-refractivity contribution in [1.82, 2.24) is 20.0 Å². The Morgan fingerprint density at radius 2 is 1.87 bits per heavy atom. The number of benzene rings is 1. The summed E-state index contributed by atoms with van der Waals surface area (Å²) in [4.78, 5) is 12.7. The van der Waals surface area contributed by atoms with Crippen molar-refractivity contribution in [3.8, 4) is 22.2 Å². The summed E-state index contributed by atoms with van der Waals surface area (Å²) < 4.78 is 11.9. The van der Waals surface area contributed by atoms with Gasteiger partial charge >= 0.3 is 5.76 Å². The molecule has 0 aliphatic carbocycles. The number of hydrogen-bond donors (Lipinski definition) is 0. The molecule has 23 heavy (non-hydrogen) atoms. The lowest BCUT2D eigenvalue weighted by Gasteiger charge is -1.93. The zero-order valence-corrected chi connectivity index (χ0v) is 12.6. The molecule has 0 saturated heterocycles. The van der Waals surface area contributed by atoms with E-state index >= 15 is 0 Å². The van der Waals surface area contributed by atoms with Gasteiger partial charge < -0.3 is 8.83 Å². The molecule has 1 aromatic carbocycles. The number of nitrogens with zero attached hydrogens (tertiary/aromatic N) is 4. The van der Waals surface area contributed by atoms with Gasteiger partial charge in [0.25, 0.3) is 5.89 Å². The van der Waals surface area contributed by atoms with Crippen LogP contribution in [0.3, 0.4) is 0 Å². The molecule has 0 aliphatic heterocycles. The smallest absolute Gasteiger partial charge is 0.419 e. The second-order valence-corrected chi connectivity index (χ2v) is 5.62. The Morgan fingerprint density at radius 3 is 2.65 bits per heavy atom. The van der Waals surface area contributed by atoms with Gasteiger partial charge in [-0.2, -0.15) is 4.68 Å². The highest BCUT2D eigenvalue weighted by atomic mass is 32.1. The lowest BCUT2D eigenvalue weighted by Crippen LogP contribution is -2.16. The van der Waals surface area contributed by atoms with Crippen LogP contribution in [-0.2, 0) is 6.54 Å². The molecule has 0 radical (unpaired) electrons. The number of thiophene rings is 1. The van der Waals surface area contributed by atoms with Gasteiger partial charge in [0, 0.05) is 5.56 Å². The highest BCUT2D eigenvalue weighted by Crippen LogP contribution is 2.21. The van der Waals surface area contributed by atoms with Gasteiger partial charge in [-0.1, -0.05) is 24.3 Å². The summed E-state index contributed by atoms with van der Waals surface area (Å²) in [5.74, 6) is 0.410. The summed E-state index contributed by atoms with van der Waals surface area (Å²) in [5, 5.41) is 14.0. The quantitative estimate of drug-likeness (QED) is 0.573. The standard InChI is InChI=1S/C15H10N4O3S/c20-15-19(18-14(22-15)11-7-4-8-23-11)9-12-16-17-13(21-12)10-5-2-1-3-6-10/h1-8H,9H2. The van der Waals surface area contributed by atoms with E-state index in [2.05, 4.69) is 15.3 Å². The maximum Gasteiger partial charge on any atom is 0.437 e. The van der Waals surface area contributed by atoms with E-state index in [9.17, 15) is 4.79 Å². The van der Waals surface area contributed by atoms with Gasteiger partial charge in [0.05, 0.1) is 4.88 Å². The Balaban J connectivity index is 1.60. The van der Waals surface area contributed by atoms with E-state index in [0.29, 0.717) is 5.89 Å². The minimum Gasteiger partial charge on any atom is -0.419 e. The van der Waals surface area contributed by atoms with Gasteiger partial charge in [-0.15, -0.1) is 26.6 Å². The van der Waals surface area contributed by atoms with Crippen molar-refractivity contribution in [2.45, 2.75) is 6.54 Å². The van der Waals surface area contributed by atoms with E-state index in [1.165, 1.54) is 11.3 Å². The van der Waals surface area contributed by atoms with Crippen LogP contribution in [0, 0.1) is 0 Å². The molecule has 0 N–H and O–H groups in total. The Hall–Kier alpha value is -3.00. The lowest BCUT2D eigenvalue weighted by molar-refractivity contribution is 0.445. The molecule has 0 fully saturated rings. The van der Waals surface area contributed by atoms with Gasteiger partial charge in [0.15, 0.2) is 0 Å². The van der Waals surface area contributed by atoms with Crippen molar-refractivity contribution in [3.63, 3.8) is 0 Å². The molecule has 0 bridgehead atoms. The third-order valence-corrected chi connectivity index (χ3v) is 3.97. The largest absolute Gasteiger partial charge is 0.437 e. The van der Waals surface area contributed by atoms with E-state index in [4.69, 9.17) is 8.83 Å². The van der Waals surface area contributed by atoms with Gasteiger partial charge in [-0.05, 0) is 23.6 Å². The molecule has 0 aliphatic rings. The SMILES string of the molecule is O=c1oc(-c2cccs2)nn1Cc1nnc(-c2ccccc2)o1. The first-order valence-electron chi connectivity index (χ1n) is 6.79. The van der Waals surface area contributed by atoms with E-state index in [0.717, 1.165) is 15.1 Å². The number of aromatic nitrogens is 4. The molecule has 3 aromatic heterocycles. The van der Waals surface area contributed by atoms with Crippen molar-refractivity contribution < 1.29 is 8.83 Å². The highest BCUT2D eigenvalue weighted by Gasteiger charge is 2.14. The van der Waals surface area contributed by atoms with Crippen molar-refractivity contribution in [1.29, 1.82) is 0 Å². The summed E-state index contributed by atoms with van der Waals surface area (Å²) in [6.45, 7) is 0.0630. The van der Waals surface area contributed by atoms with Gasteiger partial charge in [-0.3, -0.25) is 0 Å². The molecule has 0 amide bonds. The van der Waals surface area contributed by atoms with Crippen molar-refractivity contribution >= 4 is 11.3 Å². The fourth-order valence-corrected chi connectivity index (χ4v) is 2.69. The predicted molar refractivity (Wildman–Crippen MR) is 82.9 cm³/mol. The van der Waals surface area contributed by atoms with Crippen LogP contribution in [0.2, 0.25) is 0 Å². The molecule has 7 nitrogen and oxygen atoms in total. The number of hydrogen-bond acceptors (Lipinski definition) is 7. The fraction of sp³-hybridized carbons (Fsp3) is 0.0667. The average molecular weight is 326 g/mol. The fourth-order valence-electron chi connectivity index (χ4n) is 2.05. The predicted octanol–water partition coefficient (Wildman–Crippen LogP) is 2.66. The summed E-state index contributed by atoms with van der Waals surface area (Å²) in [5.41, 5.74) is 0.818. The summed E-state index contributed by atoms with van der Waals surface area (Å²) in [6, 6.07) is 13.1. The Morgan fingerprint density at radius 1 is 1.00 bits per heavy atom. The molecule has 0 spiro atoms. The highest BCUT2D eigenvalue weighted by molar-refractivity contribution is 7.13. The molecule has 0 atom stereocenters. The molecular weight excluding hydrogens is 316 g/mol. The molecule has 8 heteroatoms. The minimum absolute atomic E-state index is 0.0630. The van der Waals surface area contributed by atoms with Crippen molar-refractivity contribution in [3.05, 3.63) is 64.3 Å². The third kappa shape index (κ3) is 2.71. The minimum atomic E-state index is -0.562. The van der Waals surface area contributed by atoms with E-state index in [1.54, 1.807) is 0 Å². The van der Waals surface area contributed by atoms with Crippen molar-refractivity contribution in [2.75, 3.05) is 0 Å². The maximum atomic E-state index is 11.9. The van der Waals surface area contributed by atoms with Crippen LogP contribution in [0.5, 0.6) is 0 Å². The van der Waals surface area contributed by atoms with Crippen LogP contribution in [0.25, 0.3) is 22.2 Å². The second kappa shape index (κ2) is 5.65. The normalized spacial score (nSPS) is 11.0. The van der Waals surface area contributed by atoms with Crippen LogP contribution in [0.1, 0.15) is 5.89 Å². The maximum absolute atomic E-state index is 11.9. The van der Waals surface area contributed by atoms with E-state index in [-0.39, 0.29) is 18.3 Å². The van der Waals surface area contributed by atoms with Crippen molar-refractivity contribution in [2.24, 2.45) is 0 Å². The van der Waals surface area contributed by atoms with Gasteiger partial charge in [-0.25, -0.2) is 4.79 Å². The van der Waals surface area contributed by atoms with Gasteiger partial charge in [0.2, 0.25) is 11.8 Å². The first-order chi connectivity index (χ1) is 11.3. The Labute approximate surface area is 133 Å². The molecule has 0 unspecified atom stereocenters. The lowest BCUT2D eigenvalue weighted by atomic mass is 10.2. The molecule has 4 rings (SSSR count). The van der Waals surface area contributed by atoms with Crippen LogP contribution in [0.4, 0.5) is 0 Å².